The Kier molecular flexibility index (Phi) is 6.20. The van der Waals surface area contributed by atoms with Gasteiger partial charge in [0.05, 0.1) is 5.92 Å². The highest BCUT2D eigenvalue weighted by Gasteiger charge is 2.34. The fourth-order valence-electron chi connectivity index (χ4n) is 3.77. The summed E-state index contributed by atoms with van der Waals surface area (Å²) in [6.07, 6.45) is -1.86. The lowest BCUT2D eigenvalue weighted by Crippen LogP contribution is -2.20. The second kappa shape index (κ2) is 8.47. The topological polar surface area (TPSA) is 46.5 Å². The summed E-state index contributed by atoms with van der Waals surface area (Å²) in [5, 5.41) is 9.87. The van der Waals surface area contributed by atoms with Crippen molar-refractivity contribution in [2.24, 2.45) is 5.92 Å². The van der Waals surface area contributed by atoms with E-state index in [1.807, 2.05) is 32.0 Å². The summed E-state index contributed by atoms with van der Waals surface area (Å²) >= 11 is 0. The van der Waals surface area contributed by atoms with Gasteiger partial charge in [0.15, 0.2) is 6.61 Å². The predicted octanol–water partition coefficient (Wildman–Crippen LogP) is 6.39. The lowest BCUT2D eigenvalue weighted by atomic mass is 9.81. The number of alkyl halides is 3. The zero-order valence-corrected chi connectivity index (χ0v) is 16.5. The molecule has 6 heteroatoms. The maximum atomic E-state index is 12.8. The summed E-state index contributed by atoms with van der Waals surface area (Å²) in [7, 11) is 0. The molecule has 0 aliphatic heterocycles. The van der Waals surface area contributed by atoms with E-state index in [1.54, 1.807) is 18.2 Å². The van der Waals surface area contributed by atoms with Crippen molar-refractivity contribution < 1.29 is 27.8 Å². The maximum Gasteiger partial charge on any atom is 0.422 e. The van der Waals surface area contributed by atoms with Crippen LogP contribution in [-0.4, -0.2) is 23.9 Å². The van der Waals surface area contributed by atoms with Crippen LogP contribution in [0.25, 0.3) is 11.1 Å². The third kappa shape index (κ3) is 5.31. The van der Waals surface area contributed by atoms with Crippen LogP contribution in [0, 0.1) is 5.92 Å². The van der Waals surface area contributed by atoms with Crippen LogP contribution in [0.3, 0.4) is 0 Å². The largest absolute Gasteiger partial charge is 0.483 e. The Hall–Kier alpha value is -2.50. The van der Waals surface area contributed by atoms with Gasteiger partial charge in [0.2, 0.25) is 0 Å². The first kappa shape index (κ1) is 21.2. The van der Waals surface area contributed by atoms with Crippen LogP contribution in [0.4, 0.5) is 13.2 Å². The number of hydrogen-bond acceptors (Lipinski definition) is 2. The SMILES string of the molecule is CC(C)c1c(C(CC2CC2)C(=O)O)ccc(OCC(F)(F)F)c1-c1ccccc1. The van der Waals surface area contributed by atoms with Gasteiger partial charge in [0.25, 0.3) is 0 Å². The second-order valence-corrected chi connectivity index (χ2v) is 7.94. The molecule has 0 amide bonds. The van der Waals surface area contributed by atoms with Crippen LogP contribution in [0.2, 0.25) is 0 Å². The summed E-state index contributed by atoms with van der Waals surface area (Å²) in [5.41, 5.74) is 2.66. The quantitative estimate of drug-likeness (QED) is 0.553. The number of carboxylic acid groups (broad SMARTS) is 1. The van der Waals surface area contributed by atoms with E-state index >= 15 is 0 Å². The molecular weight excluding hydrogens is 381 g/mol. The van der Waals surface area contributed by atoms with Crippen molar-refractivity contribution in [3.05, 3.63) is 53.6 Å². The van der Waals surface area contributed by atoms with Crippen molar-refractivity contribution in [3.63, 3.8) is 0 Å². The number of ether oxygens (including phenoxy) is 1. The first-order valence-corrected chi connectivity index (χ1v) is 9.82. The van der Waals surface area contributed by atoms with Gasteiger partial charge < -0.3 is 9.84 Å². The van der Waals surface area contributed by atoms with Crippen molar-refractivity contribution in [1.29, 1.82) is 0 Å². The molecule has 1 aliphatic rings. The number of carbonyl (C=O) groups is 1. The number of rotatable bonds is 8. The van der Waals surface area contributed by atoms with Gasteiger partial charge in [-0.05, 0) is 41.0 Å². The fourth-order valence-corrected chi connectivity index (χ4v) is 3.77. The number of aliphatic carboxylic acids is 1. The summed E-state index contributed by atoms with van der Waals surface area (Å²) < 4.78 is 43.5. The van der Waals surface area contributed by atoms with Gasteiger partial charge in [-0.25, -0.2) is 0 Å². The zero-order valence-electron chi connectivity index (χ0n) is 16.5. The molecule has 2 aromatic carbocycles. The van der Waals surface area contributed by atoms with Crippen LogP contribution < -0.4 is 4.74 Å². The molecule has 1 fully saturated rings. The minimum absolute atomic E-state index is 0.0873. The Balaban J connectivity index is 2.16. The molecule has 1 N–H and O–H groups in total. The Morgan fingerprint density at radius 1 is 1.14 bits per heavy atom. The van der Waals surface area contributed by atoms with E-state index in [0.717, 1.165) is 18.4 Å². The Labute approximate surface area is 168 Å². The first-order valence-electron chi connectivity index (χ1n) is 9.82. The number of carboxylic acids is 1. The standard InChI is InChI=1S/C23H25F3O3/c1-14(2)20-17(18(22(27)28)12-15-8-9-15)10-11-19(29-13-23(24,25)26)21(20)16-6-4-3-5-7-16/h3-7,10-11,14-15,18H,8-9,12-13H2,1-2H3,(H,27,28). The van der Waals surface area contributed by atoms with Crippen molar-refractivity contribution in [1.82, 2.24) is 0 Å². The van der Waals surface area contributed by atoms with Crippen molar-refractivity contribution in [3.8, 4) is 16.9 Å². The lowest BCUT2D eigenvalue weighted by Gasteiger charge is -2.25. The molecular formula is C23H25F3O3. The summed E-state index contributed by atoms with van der Waals surface area (Å²) in [6.45, 7) is 2.46. The van der Waals surface area contributed by atoms with Crippen LogP contribution in [0.5, 0.6) is 5.75 Å². The predicted molar refractivity (Wildman–Crippen MR) is 105 cm³/mol. The molecule has 1 unspecified atom stereocenters. The van der Waals surface area contributed by atoms with Gasteiger partial charge in [-0.3, -0.25) is 4.79 Å². The average molecular weight is 406 g/mol. The number of halogens is 3. The minimum Gasteiger partial charge on any atom is -0.483 e. The lowest BCUT2D eigenvalue weighted by molar-refractivity contribution is -0.153. The first-order chi connectivity index (χ1) is 13.7. The summed E-state index contributed by atoms with van der Waals surface area (Å²) in [6, 6.07) is 12.2. The van der Waals surface area contributed by atoms with E-state index < -0.39 is 24.7 Å². The van der Waals surface area contributed by atoms with Gasteiger partial charge in [-0.15, -0.1) is 0 Å². The van der Waals surface area contributed by atoms with Crippen molar-refractivity contribution >= 4 is 5.97 Å². The van der Waals surface area contributed by atoms with E-state index in [1.165, 1.54) is 6.07 Å². The van der Waals surface area contributed by atoms with E-state index in [0.29, 0.717) is 29.0 Å². The molecule has 29 heavy (non-hydrogen) atoms. The molecule has 1 aliphatic carbocycles. The molecule has 1 atom stereocenters. The molecule has 0 saturated heterocycles. The van der Waals surface area contributed by atoms with Crippen molar-refractivity contribution in [2.75, 3.05) is 6.61 Å². The van der Waals surface area contributed by atoms with Crippen LogP contribution in [-0.2, 0) is 4.79 Å². The van der Waals surface area contributed by atoms with E-state index in [2.05, 4.69) is 0 Å². The summed E-state index contributed by atoms with van der Waals surface area (Å²) in [5.74, 6) is -1.15. The highest BCUT2D eigenvalue weighted by Crippen LogP contribution is 2.45. The molecule has 0 heterocycles. The molecule has 0 radical (unpaired) electrons. The van der Waals surface area contributed by atoms with E-state index in [9.17, 15) is 23.1 Å². The molecule has 3 rings (SSSR count). The van der Waals surface area contributed by atoms with Crippen LogP contribution in [0.15, 0.2) is 42.5 Å². The third-order valence-electron chi connectivity index (χ3n) is 5.21. The fraction of sp³-hybridized carbons (Fsp3) is 0.435. The van der Waals surface area contributed by atoms with Gasteiger partial charge in [-0.2, -0.15) is 13.2 Å². The molecule has 0 bridgehead atoms. The van der Waals surface area contributed by atoms with Gasteiger partial charge in [0.1, 0.15) is 5.75 Å². The highest BCUT2D eigenvalue weighted by molar-refractivity contribution is 5.82. The highest BCUT2D eigenvalue weighted by atomic mass is 19.4. The Morgan fingerprint density at radius 2 is 1.79 bits per heavy atom. The van der Waals surface area contributed by atoms with E-state index in [4.69, 9.17) is 4.74 Å². The third-order valence-corrected chi connectivity index (χ3v) is 5.21. The van der Waals surface area contributed by atoms with Crippen molar-refractivity contribution in [2.45, 2.75) is 51.1 Å². The zero-order chi connectivity index (χ0) is 21.2. The smallest absolute Gasteiger partial charge is 0.422 e. The monoisotopic (exact) mass is 406 g/mol. The molecule has 156 valence electrons. The van der Waals surface area contributed by atoms with Crippen LogP contribution >= 0.6 is 0 Å². The Morgan fingerprint density at radius 3 is 2.31 bits per heavy atom. The summed E-state index contributed by atoms with van der Waals surface area (Å²) in [4.78, 5) is 12.0. The Bertz CT molecular complexity index is 856. The number of hydrogen-bond donors (Lipinski definition) is 1. The maximum absolute atomic E-state index is 12.8. The molecule has 2 aromatic rings. The minimum atomic E-state index is -4.46. The average Bonchev–Trinajstić information content (AvgIpc) is 3.47. The number of benzene rings is 2. The normalized spacial score (nSPS) is 15.4. The van der Waals surface area contributed by atoms with Gasteiger partial charge >= 0.3 is 12.1 Å². The second-order valence-electron chi connectivity index (χ2n) is 7.94. The molecule has 3 nitrogen and oxygen atoms in total. The molecule has 0 spiro atoms. The van der Waals surface area contributed by atoms with Gasteiger partial charge in [-0.1, -0.05) is 63.1 Å². The van der Waals surface area contributed by atoms with Gasteiger partial charge in [0, 0.05) is 5.56 Å². The van der Waals surface area contributed by atoms with E-state index in [-0.39, 0.29) is 11.7 Å². The van der Waals surface area contributed by atoms with Crippen LogP contribution in [0.1, 0.15) is 56.1 Å². The molecule has 0 aromatic heterocycles. The molecule has 1 saturated carbocycles.